The van der Waals surface area contributed by atoms with E-state index in [1.165, 1.54) is 12.8 Å². The Hall–Kier alpha value is -1.10. The molecular weight excluding hydrogens is 244 g/mol. The Balaban J connectivity index is 2.28. The molecule has 5 heteroatoms. The van der Waals surface area contributed by atoms with Gasteiger partial charge in [0, 0.05) is 10.4 Å². The zero-order valence-corrected chi connectivity index (χ0v) is 9.00. The zero-order valence-electron chi connectivity index (χ0n) is 7.42. The van der Waals surface area contributed by atoms with Crippen molar-refractivity contribution in [1.29, 1.82) is 0 Å². The van der Waals surface area contributed by atoms with Gasteiger partial charge in [-0.2, -0.15) is 5.10 Å². The highest BCUT2D eigenvalue weighted by Crippen LogP contribution is 2.43. The number of nitrogens with two attached hydrogens (primary N) is 1. The summed E-state index contributed by atoms with van der Waals surface area (Å²) in [6.07, 6.45) is 2.47. The second-order valence-electron chi connectivity index (χ2n) is 3.64. The van der Waals surface area contributed by atoms with Crippen LogP contribution in [0, 0.1) is 0 Å². The molecule has 0 aromatic carbocycles. The minimum absolute atomic E-state index is 0.579. The van der Waals surface area contributed by atoms with Gasteiger partial charge in [-0.05, 0) is 34.8 Å². The number of fused-ring (bicyclic) bond motifs is 1. The van der Waals surface area contributed by atoms with E-state index in [1.807, 2.05) is 6.07 Å². The van der Waals surface area contributed by atoms with Gasteiger partial charge in [0.05, 0.1) is 11.1 Å². The average Bonchev–Trinajstić information content (AvgIpc) is 2.94. The summed E-state index contributed by atoms with van der Waals surface area (Å²) in [5.41, 5.74) is 7.54. The number of halogens is 1. The smallest absolute Gasteiger partial charge is 0.183 e. The number of hydrogen-bond donors (Lipinski definition) is 2. The van der Waals surface area contributed by atoms with Gasteiger partial charge >= 0.3 is 0 Å². The summed E-state index contributed by atoms with van der Waals surface area (Å²) in [5, 5.41) is 7.67. The van der Waals surface area contributed by atoms with E-state index in [4.69, 9.17) is 5.73 Å². The monoisotopic (exact) mass is 252 g/mol. The quantitative estimate of drug-likeness (QED) is 0.818. The van der Waals surface area contributed by atoms with Crippen LogP contribution in [0.15, 0.2) is 10.5 Å². The van der Waals surface area contributed by atoms with Crippen LogP contribution in [0.4, 0.5) is 5.82 Å². The minimum atomic E-state index is 0.579. The molecule has 0 atom stereocenters. The van der Waals surface area contributed by atoms with E-state index in [-0.39, 0.29) is 0 Å². The number of aromatic amines is 1. The molecule has 0 amide bonds. The maximum atomic E-state index is 5.71. The van der Waals surface area contributed by atoms with Crippen molar-refractivity contribution in [3.8, 4) is 0 Å². The van der Waals surface area contributed by atoms with Crippen LogP contribution in [0.5, 0.6) is 0 Å². The second kappa shape index (κ2) is 2.70. The Morgan fingerprint density at radius 2 is 2.29 bits per heavy atom. The molecule has 14 heavy (non-hydrogen) atoms. The van der Waals surface area contributed by atoms with E-state index in [9.17, 15) is 0 Å². The summed E-state index contributed by atoms with van der Waals surface area (Å²) in [5.74, 6) is 1.20. The molecule has 1 fully saturated rings. The SMILES string of the molecule is Nc1[nH]nc2nc(C3CC3)c(Br)cc12. The van der Waals surface area contributed by atoms with Crippen molar-refractivity contribution in [3.63, 3.8) is 0 Å². The lowest BCUT2D eigenvalue weighted by molar-refractivity contribution is 1.01. The summed E-state index contributed by atoms with van der Waals surface area (Å²) in [7, 11) is 0. The highest BCUT2D eigenvalue weighted by molar-refractivity contribution is 9.10. The van der Waals surface area contributed by atoms with Crippen molar-refractivity contribution >= 4 is 32.8 Å². The van der Waals surface area contributed by atoms with Crippen LogP contribution >= 0.6 is 15.9 Å². The predicted molar refractivity (Wildman–Crippen MR) is 58.0 cm³/mol. The fourth-order valence-electron chi connectivity index (χ4n) is 1.59. The highest BCUT2D eigenvalue weighted by Gasteiger charge is 2.27. The number of aromatic nitrogens is 3. The van der Waals surface area contributed by atoms with Crippen molar-refractivity contribution in [1.82, 2.24) is 15.2 Å². The number of anilines is 1. The molecule has 0 aliphatic heterocycles. The fourth-order valence-corrected chi connectivity index (χ4v) is 2.23. The molecule has 2 aromatic heterocycles. The van der Waals surface area contributed by atoms with Crippen LogP contribution in [0.1, 0.15) is 24.5 Å². The van der Waals surface area contributed by atoms with Crippen LogP contribution in [0.25, 0.3) is 11.0 Å². The van der Waals surface area contributed by atoms with Crippen LogP contribution in [0.3, 0.4) is 0 Å². The standard InChI is InChI=1S/C9H9BrN4/c10-6-3-5-8(11)13-14-9(5)12-7(6)4-1-2-4/h3-4H,1-2H2,(H3,11,12,13,14). The van der Waals surface area contributed by atoms with E-state index in [2.05, 4.69) is 31.1 Å². The molecule has 2 aromatic rings. The summed E-state index contributed by atoms with van der Waals surface area (Å²) in [6, 6.07) is 1.99. The maximum absolute atomic E-state index is 5.71. The second-order valence-corrected chi connectivity index (χ2v) is 4.49. The maximum Gasteiger partial charge on any atom is 0.183 e. The first-order chi connectivity index (χ1) is 6.75. The molecule has 1 aliphatic rings. The summed E-state index contributed by atoms with van der Waals surface area (Å²) < 4.78 is 1.04. The molecule has 1 aliphatic carbocycles. The lowest BCUT2D eigenvalue weighted by Crippen LogP contribution is -1.90. The van der Waals surface area contributed by atoms with Crippen LogP contribution < -0.4 is 5.73 Å². The van der Waals surface area contributed by atoms with Gasteiger partial charge < -0.3 is 5.73 Å². The predicted octanol–water partition coefficient (Wildman–Crippen LogP) is 2.18. The Labute approximate surface area is 89.0 Å². The third-order valence-electron chi connectivity index (χ3n) is 2.52. The number of H-pyrrole nitrogens is 1. The lowest BCUT2D eigenvalue weighted by Gasteiger charge is -2.00. The molecule has 3 rings (SSSR count). The molecule has 0 spiro atoms. The van der Waals surface area contributed by atoms with Gasteiger partial charge in [-0.1, -0.05) is 0 Å². The number of nitrogen functional groups attached to an aromatic ring is 1. The van der Waals surface area contributed by atoms with Gasteiger partial charge in [0.15, 0.2) is 5.65 Å². The Morgan fingerprint density at radius 3 is 3.00 bits per heavy atom. The van der Waals surface area contributed by atoms with Gasteiger partial charge in [0.25, 0.3) is 0 Å². The van der Waals surface area contributed by atoms with Crippen molar-refractivity contribution in [2.75, 3.05) is 5.73 Å². The van der Waals surface area contributed by atoms with Gasteiger partial charge in [0.2, 0.25) is 0 Å². The molecular formula is C9H9BrN4. The Morgan fingerprint density at radius 1 is 1.50 bits per heavy atom. The molecule has 4 nitrogen and oxygen atoms in total. The largest absolute Gasteiger partial charge is 0.384 e. The molecule has 1 saturated carbocycles. The number of nitrogens with zero attached hydrogens (tertiary/aromatic N) is 2. The number of pyridine rings is 1. The average molecular weight is 253 g/mol. The van der Waals surface area contributed by atoms with Crippen molar-refractivity contribution in [2.45, 2.75) is 18.8 Å². The molecule has 2 heterocycles. The van der Waals surface area contributed by atoms with Crippen LogP contribution in [-0.2, 0) is 0 Å². The normalized spacial score (nSPS) is 16.4. The Kier molecular flexibility index (Phi) is 1.58. The van der Waals surface area contributed by atoms with Gasteiger partial charge in [-0.3, -0.25) is 5.10 Å². The summed E-state index contributed by atoms with van der Waals surface area (Å²) in [6.45, 7) is 0. The highest BCUT2D eigenvalue weighted by atomic mass is 79.9. The summed E-state index contributed by atoms with van der Waals surface area (Å²) >= 11 is 3.52. The summed E-state index contributed by atoms with van der Waals surface area (Å²) in [4.78, 5) is 4.49. The molecule has 3 N–H and O–H groups in total. The lowest BCUT2D eigenvalue weighted by atomic mass is 10.2. The van der Waals surface area contributed by atoms with Crippen LogP contribution in [0.2, 0.25) is 0 Å². The molecule has 72 valence electrons. The molecule has 0 saturated heterocycles. The first-order valence-electron chi connectivity index (χ1n) is 4.55. The third-order valence-corrected chi connectivity index (χ3v) is 3.15. The number of rotatable bonds is 1. The topological polar surface area (TPSA) is 67.6 Å². The van der Waals surface area contributed by atoms with E-state index in [1.54, 1.807) is 0 Å². The first-order valence-corrected chi connectivity index (χ1v) is 5.35. The number of hydrogen-bond acceptors (Lipinski definition) is 3. The van der Waals surface area contributed by atoms with Gasteiger partial charge in [0.1, 0.15) is 5.82 Å². The van der Waals surface area contributed by atoms with E-state index >= 15 is 0 Å². The minimum Gasteiger partial charge on any atom is -0.384 e. The molecule has 0 radical (unpaired) electrons. The van der Waals surface area contributed by atoms with Crippen molar-refractivity contribution < 1.29 is 0 Å². The molecule has 0 bridgehead atoms. The number of nitrogens with one attached hydrogen (secondary N) is 1. The van der Waals surface area contributed by atoms with Crippen molar-refractivity contribution in [3.05, 3.63) is 16.2 Å². The van der Waals surface area contributed by atoms with Crippen molar-refractivity contribution in [2.24, 2.45) is 0 Å². The van der Waals surface area contributed by atoms with Gasteiger partial charge in [-0.15, -0.1) is 0 Å². The van der Waals surface area contributed by atoms with E-state index in [0.717, 1.165) is 15.6 Å². The Bertz CT molecular complexity index is 501. The van der Waals surface area contributed by atoms with E-state index < -0.39 is 0 Å². The van der Waals surface area contributed by atoms with Crippen LogP contribution in [-0.4, -0.2) is 15.2 Å². The molecule has 0 unspecified atom stereocenters. The van der Waals surface area contributed by atoms with E-state index in [0.29, 0.717) is 17.4 Å². The zero-order chi connectivity index (χ0) is 9.71. The fraction of sp³-hybridized carbons (Fsp3) is 0.333. The third kappa shape index (κ3) is 1.12. The van der Waals surface area contributed by atoms with Gasteiger partial charge in [-0.25, -0.2) is 4.98 Å². The first kappa shape index (κ1) is 8.23.